The van der Waals surface area contributed by atoms with E-state index in [2.05, 4.69) is 0 Å². The minimum absolute atomic E-state index is 0. The molecule has 0 aliphatic carbocycles. The first-order valence-corrected chi connectivity index (χ1v) is 4.95. The molecule has 0 atom stereocenters. The second-order valence-corrected chi connectivity index (χ2v) is 2.53. The van der Waals surface area contributed by atoms with E-state index in [4.69, 9.17) is 20.4 Å². The van der Waals surface area contributed by atoms with Gasteiger partial charge in [-0.3, -0.25) is 0 Å². The number of aliphatic hydroxyl groups is 4. The minimum atomic E-state index is 0. The van der Waals surface area contributed by atoms with Crippen molar-refractivity contribution in [2.75, 3.05) is 26.4 Å². The molecule has 0 aromatic heterocycles. The van der Waals surface area contributed by atoms with Gasteiger partial charge in [-0.1, -0.05) is 13.8 Å². The van der Waals surface area contributed by atoms with Crippen LogP contribution in [0.1, 0.15) is 34.6 Å². The number of aliphatic hydroxyl groups excluding tert-OH is 4. The van der Waals surface area contributed by atoms with Gasteiger partial charge in [-0.15, -0.1) is 0 Å². The summed E-state index contributed by atoms with van der Waals surface area (Å²) in [6.07, 6.45) is 0. The fourth-order valence-corrected chi connectivity index (χ4v) is 0. The first-order chi connectivity index (χ1) is 6.51. The Morgan fingerprint density at radius 3 is 0.800 bits per heavy atom. The van der Waals surface area contributed by atoms with E-state index < -0.39 is 0 Å². The maximum Gasteiger partial charge on any atom is 0.0453 e. The molecule has 0 saturated carbocycles. The summed E-state index contributed by atoms with van der Waals surface area (Å²) < 4.78 is 0. The van der Waals surface area contributed by atoms with Crippen LogP contribution in [0.4, 0.5) is 0 Å². The van der Waals surface area contributed by atoms with Crippen LogP contribution in [-0.2, 0) is 25.8 Å². The van der Waals surface area contributed by atoms with Crippen LogP contribution in [0.5, 0.6) is 0 Å². The summed E-state index contributed by atoms with van der Waals surface area (Å²) in [6.45, 7) is 10.0. The Balaban J connectivity index is -0.0000000300. The number of hydrogen-bond acceptors (Lipinski definition) is 4. The van der Waals surface area contributed by atoms with Crippen molar-refractivity contribution in [3.8, 4) is 0 Å². The Hall–Kier alpha value is 0.710. The van der Waals surface area contributed by atoms with Crippen LogP contribution in [0.25, 0.3) is 0 Å². The quantitative estimate of drug-likeness (QED) is 0.495. The monoisotopic (exact) mass is 392 g/mol. The summed E-state index contributed by atoms with van der Waals surface area (Å²) in [4.78, 5) is 0. The van der Waals surface area contributed by atoms with Gasteiger partial charge in [0.1, 0.15) is 0 Å². The summed E-state index contributed by atoms with van der Waals surface area (Å²) in [5.74, 6) is 0.440. The van der Waals surface area contributed by atoms with Crippen molar-refractivity contribution >= 4 is 0 Å². The third kappa shape index (κ3) is 324. The smallest absolute Gasteiger partial charge is 0.0453 e. The fourth-order valence-electron chi connectivity index (χ4n) is 0. The number of rotatable bonds is 1. The zero-order valence-corrected chi connectivity index (χ0v) is 14.3. The molecule has 4 nitrogen and oxygen atoms in total. The molecule has 0 fully saturated rings. The summed E-state index contributed by atoms with van der Waals surface area (Å²) in [6, 6.07) is 0. The summed E-state index contributed by atoms with van der Waals surface area (Å²) in [5.41, 5.74) is 0. The van der Waals surface area contributed by atoms with Gasteiger partial charge < -0.3 is 20.4 Å². The summed E-state index contributed by atoms with van der Waals surface area (Å²) in [7, 11) is 0. The van der Waals surface area contributed by atoms with E-state index in [-0.39, 0.29) is 45.7 Å². The molecule has 15 heavy (non-hydrogen) atoms. The van der Waals surface area contributed by atoms with Gasteiger partial charge in [-0.2, -0.15) is 0 Å². The van der Waals surface area contributed by atoms with E-state index in [1.54, 1.807) is 20.8 Å². The molecule has 0 aromatic carbocycles. The molecule has 0 unspecified atom stereocenters. The fraction of sp³-hybridized carbons (Fsp3) is 1.00. The SMILES string of the molecule is CC(C)CO.CCO.CCO.CCO.[Hf]. The number of hydrogen-bond donors (Lipinski definition) is 4. The maximum atomic E-state index is 8.14. The topological polar surface area (TPSA) is 80.9 Å². The van der Waals surface area contributed by atoms with E-state index in [1.165, 1.54) is 0 Å². The van der Waals surface area contributed by atoms with Gasteiger partial charge in [0.15, 0.2) is 0 Å². The van der Waals surface area contributed by atoms with Crippen molar-refractivity contribution < 1.29 is 46.3 Å². The zero-order valence-electron chi connectivity index (χ0n) is 10.7. The van der Waals surface area contributed by atoms with Crippen molar-refractivity contribution in [3.63, 3.8) is 0 Å². The molecule has 0 aliphatic heterocycles. The molecule has 0 radical (unpaired) electrons. The van der Waals surface area contributed by atoms with Crippen molar-refractivity contribution in [3.05, 3.63) is 0 Å². The van der Waals surface area contributed by atoms with E-state index in [1.807, 2.05) is 13.8 Å². The van der Waals surface area contributed by atoms with Gasteiger partial charge in [0.25, 0.3) is 0 Å². The molecule has 0 amide bonds. The maximum absolute atomic E-state index is 8.14. The van der Waals surface area contributed by atoms with Crippen LogP contribution >= 0.6 is 0 Å². The Morgan fingerprint density at radius 1 is 0.733 bits per heavy atom. The van der Waals surface area contributed by atoms with Crippen LogP contribution in [0.2, 0.25) is 0 Å². The van der Waals surface area contributed by atoms with Gasteiger partial charge in [-0.25, -0.2) is 0 Å². The predicted octanol–water partition coefficient (Wildman–Crippen LogP) is 0.628. The molecule has 0 spiro atoms. The Kier molecular flexibility index (Phi) is 91.9. The molecule has 0 bridgehead atoms. The largest absolute Gasteiger partial charge is 0.397 e. The first-order valence-electron chi connectivity index (χ1n) is 4.95. The molecule has 96 valence electrons. The molecular formula is C10H28HfO4. The van der Waals surface area contributed by atoms with Crippen molar-refractivity contribution in [2.45, 2.75) is 34.6 Å². The van der Waals surface area contributed by atoms with Crippen LogP contribution in [-0.4, -0.2) is 46.9 Å². The third-order valence-corrected chi connectivity index (χ3v) is 0.365. The third-order valence-electron chi connectivity index (χ3n) is 0.365. The molecule has 5 heteroatoms. The Bertz CT molecular complexity index is 49.9. The van der Waals surface area contributed by atoms with Crippen molar-refractivity contribution in [1.29, 1.82) is 0 Å². The van der Waals surface area contributed by atoms with E-state index in [0.29, 0.717) is 12.5 Å². The Labute approximate surface area is 113 Å². The van der Waals surface area contributed by atoms with Gasteiger partial charge in [-0.05, 0) is 26.7 Å². The van der Waals surface area contributed by atoms with Crippen molar-refractivity contribution in [1.82, 2.24) is 0 Å². The van der Waals surface area contributed by atoms with Gasteiger partial charge >= 0.3 is 0 Å². The summed E-state index contributed by atoms with van der Waals surface area (Å²) >= 11 is 0. The molecular weight excluding hydrogens is 363 g/mol. The van der Waals surface area contributed by atoms with E-state index >= 15 is 0 Å². The standard InChI is InChI=1S/C4H10O.3C2H6O.Hf/c1-4(2)3-5;3*1-2-3;/h4-5H,3H2,1-2H3;3*3H,2H2,1H3;. The van der Waals surface area contributed by atoms with Gasteiger partial charge in [0.05, 0.1) is 0 Å². The van der Waals surface area contributed by atoms with Crippen LogP contribution in [0.15, 0.2) is 0 Å². The zero-order chi connectivity index (χ0) is 12.4. The van der Waals surface area contributed by atoms with Crippen molar-refractivity contribution in [2.24, 2.45) is 5.92 Å². The van der Waals surface area contributed by atoms with Crippen LogP contribution in [0, 0.1) is 5.92 Å². The molecule has 4 N–H and O–H groups in total. The predicted molar refractivity (Wildman–Crippen MR) is 60.2 cm³/mol. The van der Waals surface area contributed by atoms with E-state index in [0.717, 1.165) is 0 Å². The minimum Gasteiger partial charge on any atom is -0.397 e. The van der Waals surface area contributed by atoms with Crippen LogP contribution in [0.3, 0.4) is 0 Å². The average molecular weight is 391 g/mol. The van der Waals surface area contributed by atoms with Gasteiger partial charge in [0.2, 0.25) is 0 Å². The second-order valence-electron chi connectivity index (χ2n) is 2.53. The van der Waals surface area contributed by atoms with Gasteiger partial charge in [0, 0.05) is 52.3 Å². The molecule has 0 aliphatic rings. The first kappa shape index (κ1) is 29.6. The molecule has 0 saturated heterocycles. The molecule has 0 heterocycles. The summed E-state index contributed by atoms with van der Waals surface area (Å²) in [5, 5.41) is 30.9. The molecule has 0 aromatic rings. The Morgan fingerprint density at radius 2 is 0.800 bits per heavy atom. The molecule has 0 rings (SSSR count). The average Bonchev–Trinajstić information content (AvgIpc) is 2.08. The van der Waals surface area contributed by atoms with Crippen LogP contribution < -0.4 is 0 Å². The van der Waals surface area contributed by atoms with E-state index in [9.17, 15) is 0 Å². The second kappa shape index (κ2) is 46.5. The normalized spacial score (nSPS) is 6.80.